The summed E-state index contributed by atoms with van der Waals surface area (Å²) >= 11 is 0. The lowest BCUT2D eigenvalue weighted by molar-refractivity contribution is -0.144. The van der Waals surface area contributed by atoms with Gasteiger partial charge in [-0.05, 0) is 19.8 Å². The van der Waals surface area contributed by atoms with E-state index in [2.05, 4.69) is 10.1 Å². The first-order valence-electron chi connectivity index (χ1n) is 5.63. The fraction of sp³-hybridized carbons (Fsp3) is 0.818. The average Bonchev–Trinajstić information content (AvgIpc) is 2.62. The van der Waals surface area contributed by atoms with Gasteiger partial charge in [0.1, 0.15) is 6.04 Å². The third-order valence-electron chi connectivity index (χ3n) is 3.04. The standard InChI is InChI=1S/C11H20N2O3/c1-8(10(15)16-2)13-9(14)7-11(12)5-3-4-6-11/h8H,3-7,12H2,1-2H3,(H,13,14). The predicted molar refractivity (Wildman–Crippen MR) is 59.6 cm³/mol. The van der Waals surface area contributed by atoms with E-state index in [1.165, 1.54) is 7.11 Å². The van der Waals surface area contributed by atoms with Crippen LogP contribution in [0.15, 0.2) is 0 Å². The third kappa shape index (κ3) is 3.48. The van der Waals surface area contributed by atoms with Crippen molar-refractivity contribution in [2.24, 2.45) is 5.73 Å². The number of carbonyl (C=O) groups excluding carboxylic acids is 2. The van der Waals surface area contributed by atoms with Crippen molar-refractivity contribution >= 4 is 11.9 Å². The van der Waals surface area contributed by atoms with Gasteiger partial charge in [-0.1, -0.05) is 12.8 Å². The second kappa shape index (κ2) is 5.30. The number of amides is 1. The molecular formula is C11H20N2O3. The summed E-state index contributed by atoms with van der Waals surface area (Å²) in [5.41, 5.74) is 5.69. The molecule has 0 saturated heterocycles. The molecule has 1 unspecified atom stereocenters. The van der Waals surface area contributed by atoms with Crippen LogP contribution in [0, 0.1) is 0 Å². The van der Waals surface area contributed by atoms with Gasteiger partial charge in [0.25, 0.3) is 0 Å². The summed E-state index contributed by atoms with van der Waals surface area (Å²) < 4.78 is 4.52. The predicted octanol–water partition coefficient (Wildman–Crippen LogP) is 0.326. The lowest BCUT2D eigenvalue weighted by Gasteiger charge is -2.23. The molecule has 0 spiro atoms. The molecule has 1 fully saturated rings. The van der Waals surface area contributed by atoms with Crippen LogP contribution in [0.5, 0.6) is 0 Å². The molecule has 1 amide bonds. The second-order valence-electron chi connectivity index (χ2n) is 4.56. The van der Waals surface area contributed by atoms with Crippen LogP contribution in [-0.2, 0) is 14.3 Å². The number of nitrogens with two attached hydrogens (primary N) is 1. The fourth-order valence-electron chi connectivity index (χ4n) is 2.10. The van der Waals surface area contributed by atoms with Gasteiger partial charge in [0.05, 0.1) is 7.11 Å². The fourth-order valence-corrected chi connectivity index (χ4v) is 2.10. The van der Waals surface area contributed by atoms with E-state index in [1.54, 1.807) is 6.92 Å². The van der Waals surface area contributed by atoms with Crippen molar-refractivity contribution in [3.05, 3.63) is 0 Å². The number of hydrogen-bond donors (Lipinski definition) is 2. The molecule has 5 nitrogen and oxygen atoms in total. The molecule has 0 bridgehead atoms. The Morgan fingerprint density at radius 3 is 2.50 bits per heavy atom. The lowest BCUT2D eigenvalue weighted by Crippen LogP contribution is -2.46. The quantitative estimate of drug-likeness (QED) is 0.679. The van der Waals surface area contributed by atoms with Gasteiger partial charge in [-0.25, -0.2) is 4.79 Å². The highest BCUT2D eigenvalue weighted by atomic mass is 16.5. The molecule has 0 aromatic heterocycles. The SMILES string of the molecule is COC(=O)C(C)NC(=O)CC1(N)CCCC1. The maximum Gasteiger partial charge on any atom is 0.328 e. The van der Waals surface area contributed by atoms with Crippen molar-refractivity contribution in [3.63, 3.8) is 0 Å². The Morgan fingerprint density at radius 1 is 1.44 bits per heavy atom. The zero-order valence-electron chi connectivity index (χ0n) is 9.91. The van der Waals surface area contributed by atoms with Crippen LogP contribution in [0.1, 0.15) is 39.0 Å². The molecule has 3 N–H and O–H groups in total. The lowest BCUT2D eigenvalue weighted by atomic mass is 9.94. The van der Waals surface area contributed by atoms with E-state index in [0.717, 1.165) is 25.7 Å². The Morgan fingerprint density at radius 2 is 2.00 bits per heavy atom. The highest BCUT2D eigenvalue weighted by Crippen LogP contribution is 2.29. The maximum atomic E-state index is 11.6. The normalized spacial score (nSPS) is 20.2. The Balaban J connectivity index is 2.38. The molecule has 16 heavy (non-hydrogen) atoms. The molecule has 1 saturated carbocycles. The van der Waals surface area contributed by atoms with Crippen molar-refractivity contribution in [3.8, 4) is 0 Å². The van der Waals surface area contributed by atoms with E-state index in [-0.39, 0.29) is 17.9 Å². The topological polar surface area (TPSA) is 81.4 Å². The summed E-state index contributed by atoms with van der Waals surface area (Å²) in [7, 11) is 1.30. The summed E-state index contributed by atoms with van der Waals surface area (Å²) in [5.74, 6) is -0.617. The smallest absolute Gasteiger partial charge is 0.328 e. The molecule has 1 aliphatic rings. The molecule has 5 heteroatoms. The summed E-state index contributed by atoms with van der Waals surface area (Å²) in [6, 6.07) is -0.609. The van der Waals surface area contributed by atoms with Gasteiger partial charge in [-0.15, -0.1) is 0 Å². The Bertz CT molecular complexity index is 272. The van der Waals surface area contributed by atoms with Gasteiger partial charge >= 0.3 is 5.97 Å². The van der Waals surface area contributed by atoms with Gasteiger partial charge < -0.3 is 15.8 Å². The first-order chi connectivity index (χ1) is 7.47. The molecule has 92 valence electrons. The number of carbonyl (C=O) groups is 2. The van der Waals surface area contributed by atoms with E-state index < -0.39 is 12.0 Å². The molecule has 0 aromatic rings. The molecule has 1 rings (SSSR count). The van der Waals surface area contributed by atoms with Gasteiger partial charge in [-0.2, -0.15) is 0 Å². The molecular weight excluding hydrogens is 208 g/mol. The zero-order chi connectivity index (χ0) is 12.2. The number of ether oxygens (including phenoxy) is 1. The van der Waals surface area contributed by atoms with E-state index >= 15 is 0 Å². The van der Waals surface area contributed by atoms with Crippen molar-refractivity contribution < 1.29 is 14.3 Å². The van der Waals surface area contributed by atoms with Crippen LogP contribution in [0.2, 0.25) is 0 Å². The van der Waals surface area contributed by atoms with Crippen molar-refractivity contribution in [2.75, 3.05) is 7.11 Å². The minimum atomic E-state index is -0.609. The third-order valence-corrected chi connectivity index (χ3v) is 3.04. The second-order valence-corrected chi connectivity index (χ2v) is 4.56. The van der Waals surface area contributed by atoms with Crippen LogP contribution >= 0.6 is 0 Å². The van der Waals surface area contributed by atoms with Crippen LogP contribution in [0.25, 0.3) is 0 Å². The van der Waals surface area contributed by atoms with E-state index in [1.807, 2.05) is 0 Å². The van der Waals surface area contributed by atoms with Crippen molar-refractivity contribution in [1.82, 2.24) is 5.32 Å². The number of hydrogen-bond acceptors (Lipinski definition) is 4. The first-order valence-corrected chi connectivity index (χ1v) is 5.63. The molecule has 1 atom stereocenters. The molecule has 1 aliphatic carbocycles. The largest absolute Gasteiger partial charge is 0.467 e. The first kappa shape index (κ1) is 13.0. The van der Waals surface area contributed by atoms with Gasteiger partial charge in [0.15, 0.2) is 0 Å². The van der Waals surface area contributed by atoms with Gasteiger partial charge in [-0.3, -0.25) is 4.79 Å². The highest BCUT2D eigenvalue weighted by Gasteiger charge is 2.32. The van der Waals surface area contributed by atoms with Crippen LogP contribution in [0.3, 0.4) is 0 Å². The Labute approximate surface area is 95.7 Å². The van der Waals surface area contributed by atoms with Gasteiger partial charge in [0, 0.05) is 12.0 Å². The summed E-state index contributed by atoms with van der Waals surface area (Å²) in [6.45, 7) is 1.60. The minimum Gasteiger partial charge on any atom is -0.467 e. The minimum absolute atomic E-state index is 0.178. The number of nitrogens with one attached hydrogen (secondary N) is 1. The van der Waals surface area contributed by atoms with E-state index in [9.17, 15) is 9.59 Å². The summed E-state index contributed by atoms with van der Waals surface area (Å²) in [5, 5.41) is 2.59. The molecule has 0 aliphatic heterocycles. The number of rotatable bonds is 4. The molecule has 0 heterocycles. The highest BCUT2D eigenvalue weighted by molar-refractivity contribution is 5.84. The summed E-state index contributed by atoms with van der Waals surface area (Å²) in [4.78, 5) is 22.7. The van der Waals surface area contributed by atoms with E-state index in [4.69, 9.17) is 5.73 Å². The van der Waals surface area contributed by atoms with Crippen LogP contribution < -0.4 is 11.1 Å². The number of esters is 1. The summed E-state index contributed by atoms with van der Waals surface area (Å²) in [6.07, 6.45) is 4.21. The van der Waals surface area contributed by atoms with Gasteiger partial charge in [0.2, 0.25) is 5.91 Å². The Hall–Kier alpha value is -1.10. The molecule has 0 radical (unpaired) electrons. The monoisotopic (exact) mass is 228 g/mol. The van der Waals surface area contributed by atoms with Crippen molar-refractivity contribution in [2.45, 2.75) is 50.6 Å². The van der Waals surface area contributed by atoms with Crippen molar-refractivity contribution in [1.29, 1.82) is 0 Å². The zero-order valence-corrected chi connectivity index (χ0v) is 9.91. The maximum absolute atomic E-state index is 11.6. The molecule has 0 aromatic carbocycles. The Kier molecular flexibility index (Phi) is 4.29. The average molecular weight is 228 g/mol. The van der Waals surface area contributed by atoms with Crippen LogP contribution in [-0.4, -0.2) is 30.6 Å². The van der Waals surface area contributed by atoms with E-state index in [0.29, 0.717) is 0 Å². The van der Waals surface area contributed by atoms with Crippen LogP contribution in [0.4, 0.5) is 0 Å². The number of methoxy groups -OCH3 is 1.